The van der Waals surface area contributed by atoms with Crippen LogP contribution >= 0.6 is 12.4 Å². The van der Waals surface area contributed by atoms with E-state index in [2.05, 4.69) is 15.4 Å². The molecule has 1 aliphatic rings. The van der Waals surface area contributed by atoms with Gasteiger partial charge in [0.1, 0.15) is 0 Å². The standard InChI is InChI=1S/C14H20N4O5S.ClH/c19-14(10-11-4-3-7-15-11)16-8-9-17-24(22,23)13-6-2-1-5-12(13)18(20)21;/h1-2,5-6,11,15,17H,3-4,7-10H2,(H,16,19);1H. The zero-order valence-electron chi connectivity index (χ0n) is 13.4. The molecule has 1 heterocycles. The van der Waals surface area contributed by atoms with Crippen molar-refractivity contribution in [3.63, 3.8) is 0 Å². The summed E-state index contributed by atoms with van der Waals surface area (Å²) >= 11 is 0. The summed E-state index contributed by atoms with van der Waals surface area (Å²) in [6.45, 7) is 0.983. The van der Waals surface area contributed by atoms with Crippen LogP contribution in [0, 0.1) is 10.1 Å². The number of amides is 1. The minimum Gasteiger partial charge on any atom is -0.355 e. The molecule has 1 fully saturated rings. The van der Waals surface area contributed by atoms with Gasteiger partial charge in [0.25, 0.3) is 5.69 Å². The smallest absolute Gasteiger partial charge is 0.289 e. The molecular weight excluding hydrogens is 372 g/mol. The van der Waals surface area contributed by atoms with Crippen molar-refractivity contribution < 1.29 is 18.1 Å². The van der Waals surface area contributed by atoms with E-state index in [0.717, 1.165) is 25.5 Å². The number of hydrogen-bond acceptors (Lipinski definition) is 6. The first kappa shape index (κ1) is 21.3. The summed E-state index contributed by atoms with van der Waals surface area (Å²) in [7, 11) is -4.01. The van der Waals surface area contributed by atoms with Crippen LogP contribution in [0.25, 0.3) is 0 Å². The first-order valence-electron chi connectivity index (χ1n) is 7.63. The van der Waals surface area contributed by atoms with Crippen LogP contribution < -0.4 is 15.4 Å². The van der Waals surface area contributed by atoms with Crippen LogP contribution in [0.1, 0.15) is 19.3 Å². The summed E-state index contributed by atoms with van der Waals surface area (Å²) < 4.78 is 26.5. The second-order valence-electron chi connectivity index (χ2n) is 5.47. The third-order valence-electron chi connectivity index (χ3n) is 3.68. The number of sulfonamides is 1. The van der Waals surface area contributed by atoms with E-state index >= 15 is 0 Å². The van der Waals surface area contributed by atoms with Crippen LogP contribution in [0.15, 0.2) is 29.2 Å². The van der Waals surface area contributed by atoms with E-state index < -0.39 is 25.5 Å². The minimum atomic E-state index is -4.01. The average Bonchev–Trinajstić information content (AvgIpc) is 3.04. The summed E-state index contributed by atoms with van der Waals surface area (Å²) in [4.78, 5) is 21.5. The molecule has 0 spiro atoms. The number of nitrogens with zero attached hydrogens (tertiary/aromatic N) is 1. The van der Waals surface area contributed by atoms with E-state index in [-0.39, 0.29) is 37.4 Å². The molecule has 140 valence electrons. The summed E-state index contributed by atoms with van der Waals surface area (Å²) in [5.41, 5.74) is -0.485. The SMILES string of the molecule is Cl.O=C(CC1CCCN1)NCCNS(=O)(=O)c1ccccc1[N+](=O)[O-]. The van der Waals surface area contributed by atoms with Crippen molar-refractivity contribution in [2.75, 3.05) is 19.6 Å². The van der Waals surface area contributed by atoms with Gasteiger partial charge in [-0.15, -0.1) is 12.4 Å². The molecular formula is C14H21ClN4O5S. The van der Waals surface area contributed by atoms with Gasteiger partial charge in [0.15, 0.2) is 4.90 Å². The Morgan fingerprint density at radius 2 is 2.04 bits per heavy atom. The lowest BCUT2D eigenvalue weighted by Crippen LogP contribution is -2.37. The van der Waals surface area contributed by atoms with Crippen LogP contribution in [-0.2, 0) is 14.8 Å². The van der Waals surface area contributed by atoms with Crippen molar-refractivity contribution in [3.8, 4) is 0 Å². The van der Waals surface area contributed by atoms with Crippen molar-refractivity contribution in [2.45, 2.75) is 30.2 Å². The lowest BCUT2D eigenvalue weighted by Gasteiger charge is -2.11. The lowest BCUT2D eigenvalue weighted by molar-refractivity contribution is -0.387. The first-order valence-corrected chi connectivity index (χ1v) is 9.11. The van der Waals surface area contributed by atoms with Gasteiger partial charge in [-0.3, -0.25) is 14.9 Å². The zero-order valence-corrected chi connectivity index (χ0v) is 15.1. The van der Waals surface area contributed by atoms with Gasteiger partial charge in [-0.2, -0.15) is 0 Å². The van der Waals surface area contributed by atoms with Crippen molar-refractivity contribution in [3.05, 3.63) is 34.4 Å². The Morgan fingerprint density at radius 1 is 1.32 bits per heavy atom. The Balaban J connectivity index is 0.00000312. The van der Waals surface area contributed by atoms with Crippen molar-refractivity contribution >= 4 is 34.0 Å². The maximum Gasteiger partial charge on any atom is 0.289 e. The molecule has 2 rings (SSSR count). The van der Waals surface area contributed by atoms with Crippen LogP contribution in [-0.4, -0.2) is 44.9 Å². The van der Waals surface area contributed by atoms with Gasteiger partial charge in [-0.05, 0) is 25.5 Å². The zero-order chi connectivity index (χ0) is 17.6. The highest BCUT2D eigenvalue weighted by Gasteiger charge is 2.24. The molecule has 1 atom stereocenters. The van der Waals surface area contributed by atoms with Crippen molar-refractivity contribution in [1.82, 2.24) is 15.4 Å². The second kappa shape index (κ2) is 9.66. The highest BCUT2D eigenvalue weighted by Crippen LogP contribution is 2.22. The Kier molecular flexibility index (Phi) is 8.23. The Morgan fingerprint density at radius 3 is 2.68 bits per heavy atom. The van der Waals surface area contributed by atoms with E-state index in [1.54, 1.807) is 0 Å². The third-order valence-corrected chi connectivity index (χ3v) is 5.19. The number of carbonyl (C=O) groups is 1. The number of halogens is 1. The normalized spacial score (nSPS) is 16.9. The molecule has 25 heavy (non-hydrogen) atoms. The molecule has 1 amide bonds. The Bertz CT molecular complexity index is 707. The van der Waals surface area contributed by atoms with Crippen molar-refractivity contribution in [2.24, 2.45) is 0 Å². The first-order chi connectivity index (χ1) is 11.4. The molecule has 0 aliphatic carbocycles. The third kappa shape index (κ3) is 6.24. The molecule has 1 saturated heterocycles. The van der Waals surface area contributed by atoms with Crippen LogP contribution in [0.2, 0.25) is 0 Å². The topological polar surface area (TPSA) is 130 Å². The number of carbonyl (C=O) groups excluding carboxylic acids is 1. The number of para-hydroxylation sites is 1. The lowest BCUT2D eigenvalue weighted by atomic mass is 10.1. The highest BCUT2D eigenvalue weighted by molar-refractivity contribution is 7.89. The number of nitro groups is 1. The number of nitro benzene ring substituents is 1. The molecule has 1 unspecified atom stereocenters. The fourth-order valence-corrected chi connectivity index (χ4v) is 3.73. The van der Waals surface area contributed by atoms with Gasteiger partial charge in [0, 0.05) is 31.6 Å². The van der Waals surface area contributed by atoms with Gasteiger partial charge in [-0.1, -0.05) is 12.1 Å². The van der Waals surface area contributed by atoms with Gasteiger partial charge in [0.05, 0.1) is 4.92 Å². The second-order valence-corrected chi connectivity index (χ2v) is 7.21. The van der Waals surface area contributed by atoms with Gasteiger partial charge in [0.2, 0.25) is 15.9 Å². The number of benzene rings is 1. The maximum atomic E-state index is 12.1. The van der Waals surface area contributed by atoms with Crippen LogP contribution in [0.3, 0.4) is 0 Å². The molecule has 11 heteroatoms. The van der Waals surface area contributed by atoms with E-state index in [0.29, 0.717) is 6.42 Å². The van der Waals surface area contributed by atoms with E-state index in [1.165, 1.54) is 18.2 Å². The molecule has 0 aromatic heterocycles. The number of nitrogens with one attached hydrogen (secondary N) is 3. The summed E-state index contributed by atoms with van der Waals surface area (Å²) in [5, 5.41) is 16.7. The molecule has 1 aromatic rings. The fourth-order valence-electron chi connectivity index (χ4n) is 2.53. The van der Waals surface area contributed by atoms with Gasteiger partial charge < -0.3 is 10.6 Å². The van der Waals surface area contributed by atoms with Crippen molar-refractivity contribution in [1.29, 1.82) is 0 Å². The fraction of sp³-hybridized carbons (Fsp3) is 0.500. The molecule has 0 radical (unpaired) electrons. The summed E-state index contributed by atoms with van der Waals surface area (Å²) in [6, 6.07) is 5.29. The monoisotopic (exact) mass is 392 g/mol. The predicted octanol–water partition coefficient (Wildman–Crippen LogP) is 0.553. The van der Waals surface area contributed by atoms with E-state index in [9.17, 15) is 23.3 Å². The maximum absolute atomic E-state index is 12.1. The summed E-state index contributed by atoms with van der Waals surface area (Å²) in [6.07, 6.45) is 2.36. The van der Waals surface area contributed by atoms with Crippen LogP contribution in [0.5, 0.6) is 0 Å². The largest absolute Gasteiger partial charge is 0.355 e. The Labute approximate surface area is 152 Å². The molecule has 3 N–H and O–H groups in total. The van der Waals surface area contributed by atoms with E-state index in [4.69, 9.17) is 0 Å². The predicted molar refractivity (Wildman–Crippen MR) is 94.2 cm³/mol. The van der Waals surface area contributed by atoms with Crippen LogP contribution in [0.4, 0.5) is 5.69 Å². The molecule has 1 aromatic carbocycles. The van der Waals surface area contributed by atoms with Gasteiger partial charge in [-0.25, -0.2) is 13.1 Å². The molecule has 0 saturated carbocycles. The van der Waals surface area contributed by atoms with E-state index in [1.807, 2.05) is 0 Å². The molecule has 9 nitrogen and oxygen atoms in total. The summed E-state index contributed by atoms with van der Waals surface area (Å²) in [5.74, 6) is -0.153. The molecule has 0 bridgehead atoms. The quantitative estimate of drug-likeness (QED) is 0.336. The number of hydrogen-bond donors (Lipinski definition) is 3. The minimum absolute atomic E-state index is 0. The number of rotatable bonds is 8. The Hall–Kier alpha value is -1.75. The highest BCUT2D eigenvalue weighted by atomic mass is 35.5. The average molecular weight is 393 g/mol. The molecule has 1 aliphatic heterocycles. The van der Waals surface area contributed by atoms with Gasteiger partial charge >= 0.3 is 0 Å².